The Labute approximate surface area is 266 Å². The number of rotatable bonds is 16. The predicted molar refractivity (Wildman–Crippen MR) is 178 cm³/mol. The van der Waals surface area contributed by atoms with E-state index < -0.39 is 6.10 Å². The van der Waals surface area contributed by atoms with E-state index in [4.69, 9.17) is 21.1 Å². The molecule has 1 amide bonds. The van der Waals surface area contributed by atoms with Gasteiger partial charge in [-0.25, -0.2) is 0 Å². The highest BCUT2D eigenvalue weighted by atomic mass is 35.5. The van der Waals surface area contributed by atoms with Crippen LogP contribution in [0.1, 0.15) is 43.9 Å². The van der Waals surface area contributed by atoms with Crippen molar-refractivity contribution in [3.63, 3.8) is 0 Å². The molecular formula is C36H46ClN3O4. The Morgan fingerprint density at radius 3 is 2.43 bits per heavy atom. The maximum Gasteiger partial charge on any atom is 0.237 e. The van der Waals surface area contributed by atoms with Gasteiger partial charge in [-0.2, -0.15) is 0 Å². The second-order valence-electron chi connectivity index (χ2n) is 12.4. The minimum atomic E-state index is -0.773. The van der Waals surface area contributed by atoms with Crippen LogP contribution in [0.3, 0.4) is 0 Å². The summed E-state index contributed by atoms with van der Waals surface area (Å²) in [5, 5.41) is 12.7. The number of aromatic nitrogens is 1. The van der Waals surface area contributed by atoms with Crippen LogP contribution < -0.4 is 4.74 Å². The molecular weight excluding hydrogens is 574 g/mol. The Morgan fingerprint density at radius 2 is 1.73 bits per heavy atom. The Morgan fingerprint density at radius 1 is 1.00 bits per heavy atom. The van der Waals surface area contributed by atoms with E-state index in [1.165, 1.54) is 16.5 Å². The molecule has 0 aliphatic carbocycles. The summed E-state index contributed by atoms with van der Waals surface area (Å²) in [7, 11) is 1.67. The second-order valence-corrected chi connectivity index (χ2v) is 12.8. The third kappa shape index (κ3) is 10.1. The fourth-order valence-electron chi connectivity index (χ4n) is 5.25. The number of aromatic amines is 1. The van der Waals surface area contributed by atoms with Crippen LogP contribution in [-0.2, 0) is 27.9 Å². The number of halogens is 1. The maximum absolute atomic E-state index is 14.0. The first kappa shape index (κ1) is 33.5. The van der Waals surface area contributed by atoms with Crippen LogP contribution in [0.5, 0.6) is 5.75 Å². The summed E-state index contributed by atoms with van der Waals surface area (Å²) in [6.07, 6.45) is 2.75. The molecule has 1 aromatic heterocycles. The van der Waals surface area contributed by atoms with Gasteiger partial charge in [0.2, 0.25) is 5.91 Å². The smallest absolute Gasteiger partial charge is 0.237 e. The second kappa shape index (κ2) is 16.1. The molecule has 0 bridgehead atoms. The quantitative estimate of drug-likeness (QED) is 0.141. The van der Waals surface area contributed by atoms with Crippen molar-refractivity contribution in [1.82, 2.24) is 14.8 Å². The number of nitrogens with one attached hydrogen (secondary N) is 1. The standard InChI is InChI=1S/C36H46ClN3O4/c1-36(2,3)29-12-10-27(11-13-29)23-40(20-18-28-22-38-34-9-6-5-8-33(28)34)35(42)25-39(19-7-21-43-4)24-31(41)26-44-32-16-14-30(37)15-17-32/h5-6,8-17,22,31,38,41H,7,18-21,23-26H2,1-4H3. The maximum atomic E-state index is 14.0. The molecule has 4 aromatic rings. The normalized spacial score (nSPS) is 12.5. The van der Waals surface area contributed by atoms with Crippen molar-refractivity contribution < 1.29 is 19.4 Å². The largest absolute Gasteiger partial charge is 0.491 e. The molecule has 0 spiro atoms. The number of fused-ring (bicyclic) bond motifs is 1. The third-order valence-electron chi connectivity index (χ3n) is 7.78. The van der Waals surface area contributed by atoms with Crippen molar-refractivity contribution >= 4 is 28.4 Å². The topological polar surface area (TPSA) is 78.0 Å². The number of carbonyl (C=O) groups excluding carboxylic acids is 1. The lowest BCUT2D eigenvalue weighted by Crippen LogP contribution is -2.44. The molecule has 1 unspecified atom stereocenters. The lowest BCUT2D eigenvalue weighted by Gasteiger charge is -2.29. The van der Waals surface area contributed by atoms with Crippen LogP contribution >= 0.6 is 11.6 Å². The summed E-state index contributed by atoms with van der Waals surface area (Å²) in [4.78, 5) is 21.2. The molecule has 0 saturated heterocycles. The number of nitrogens with zero attached hydrogens (tertiary/aromatic N) is 2. The van der Waals surface area contributed by atoms with E-state index >= 15 is 0 Å². The van der Waals surface area contributed by atoms with Crippen LogP contribution in [0.2, 0.25) is 5.02 Å². The monoisotopic (exact) mass is 619 g/mol. The minimum Gasteiger partial charge on any atom is -0.491 e. The van der Waals surface area contributed by atoms with Gasteiger partial charge in [0.25, 0.3) is 0 Å². The predicted octanol–water partition coefficient (Wildman–Crippen LogP) is 6.47. The molecule has 8 heteroatoms. The Kier molecular flexibility index (Phi) is 12.3. The molecule has 2 N–H and O–H groups in total. The van der Waals surface area contributed by atoms with Gasteiger partial charge in [-0.3, -0.25) is 9.69 Å². The SMILES string of the molecule is COCCCN(CC(=O)N(CCc1c[nH]c2ccccc12)Cc1ccc(C(C)(C)C)cc1)CC(O)COc1ccc(Cl)cc1. The fraction of sp³-hybridized carbons (Fsp3) is 0.417. The molecule has 0 aliphatic rings. The van der Waals surface area contributed by atoms with Gasteiger partial charge in [-0.1, -0.05) is 74.8 Å². The summed E-state index contributed by atoms with van der Waals surface area (Å²) < 4.78 is 11.0. The highest BCUT2D eigenvalue weighted by Crippen LogP contribution is 2.23. The minimum absolute atomic E-state index is 0.0213. The molecule has 1 atom stereocenters. The lowest BCUT2D eigenvalue weighted by molar-refractivity contribution is -0.133. The molecule has 1 heterocycles. The lowest BCUT2D eigenvalue weighted by atomic mass is 9.87. The van der Waals surface area contributed by atoms with E-state index in [-0.39, 0.29) is 24.5 Å². The van der Waals surface area contributed by atoms with Gasteiger partial charge in [-0.05, 0) is 65.3 Å². The highest BCUT2D eigenvalue weighted by Gasteiger charge is 2.21. The number of aliphatic hydroxyl groups is 1. The molecule has 7 nitrogen and oxygen atoms in total. The van der Waals surface area contributed by atoms with E-state index in [1.807, 2.05) is 28.1 Å². The van der Waals surface area contributed by atoms with Gasteiger partial charge >= 0.3 is 0 Å². The van der Waals surface area contributed by atoms with E-state index in [9.17, 15) is 9.90 Å². The molecule has 236 valence electrons. The Balaban J connectivity index is 1.46. The highest BCUT2D eigenvalue weighted by molar-refractivity contribution is 6.30. The van der Waals surface area contributed by atoms with Crippen LogP contribution in [0.25, 0.3) is 10.9 Å². The first-order valence-corrected chi connectivity index (χ1v) is 15.7. The number of H-pyrrole nitrogens is 1. The van der Waals surface area contributed by atoms with Crippen molar-refractivity contribution in [1.29, 1.82) is 0 Å². The number of methoxy groups -OCH3 is 1. The van der Waals surface area contributed by atoms with Crippen molar-refractivity contribution in [2.45, 2.75) is 51.7 Å². The fourth-order valence-corrected chi connectivity index (χ4v) is 5.37. The zero-order chi connectivity index (χ0) is 31.5. The number of hydrogen-bond donors (Lipinski definition) is 2. The van der Waals surface area contributed by atoms with Crippen molar-refractivity contribution in [2.75, 3.05) is 46.5 Å². The van der Waals surface area contributed by atoms with Gasteiger partial charge in [0, 0.05) is 62.0 Å². The van der Waals surface area contributed by atoms with Crippen molar-refractivity contribution in [3.8, 4) is 5.75 Å². The van der Waals surface area contributed by atoms with Crippen molar-refractivity contribution in [2.24, 2.45) is 0 Å². The van der Waals surface area contributed by atoms with E-state index in [1.54, 1.807) is 31.4 Å². The Hall–Kier alpha value is -3.36. The first-order chi connectivity index (χ1) is 21.1. The van der Waals surface area contributed by atoms with E-state index in [0.717, 1.165) is 23.9 Å². The molecule has 0 aliphatic heterocycles. The number of carbonyl (C=O) groups is 1. The summed E-state index contributed by atoms with van der Waals surface area (Å²) in [6, 6.07) is 23.9. The summed E-state index contributed by atoms with van der Waals surface area (Å²) in [6.45, 7) is 9.50. The zero-order valence-corrected chi connectivity index (χ0v) is 27.1. The van der Waals surface area contributed by atoms with Crippen LogP contribution in [0.15, 0.2) is 79.0 Å². The van der Waals surface area contributed by atoms with Crippen LogP contribution in [-0.4, -0.2) is 78.4 Å². The average Bonchev–Trinajstić information content (AvgIpc) is 3.42. The molecule has 0 saturated carbocycles. The van der Waals surface area contributed by atoms with Crippen LogP contribution in [0, 0.1) is 0 Å². The number of benzene rings is 3. The number of aliphatic hydroxyl groups excluding tert-OH is 1. The number of ether oxygens (including phenoxy) is 2. The van der Waals surface area contributed by atoms with Gasteiger partial charge in [0.1, 0.15) is 18.5 Å². The number of hydrogen-bond acceptors (Lipinski definition) is 5. The summed E-state index contributed by atoms with van der Waals surface area (Å²) in [5.74, 6) is 0.657. The summed E-state index contributed by atoms with van der Waals surface area (Å²) in [5.41, 5.74) is 4.69. The van der Waals surface area contributed by atoms with Gasteiger partial charge in [0.15, 0.2) is 0 Å². The molecule has 4 rings (SSSR count). The average molecular weight is 620 g/mol. The first-order valence-electron chi connectivity index (χ1n) is 15.3. The van der Waals surface area contributed by atoms with E-state index in [0.29, 0.717) is 43.6 Å². The van der Waals surface area contributed by atoms with Crippen LogP contribution in [0.4, 0.5) is 0 Å². The Bertz CT molecular complexity index is 1450. The molecule has 3 aromatic carbocycles. The number of para-hydroxylation sites is 1. The van der Waals surface area contributed by atoms with Gasteiger partial charge in [0.05, 0.1) is 6.54 Å². The zero-order valence-electron chi connectivity index (χ0n) is 26.4. The number of amides is 1. The van der Waals surface area contributed by atoms with Gasteiger partial charge in [-0.15, -0.1) is 0 Å². The van der Waals surface area contributed by atoms with Crippen molar-refractivity contribution in [3.05, 3.63) is 101 Å². The van der Waals surface area contributed by atoms with E-state index in [2.05, 4.69) is 62.2 Å². The molecule has 0 radical (unpaired) electrons. The molecule has 0 fully saturated rings. The summed E-state index contributed by atoms with van der Waals surface area (Å²) >= 11 is 5.97. The van der Waals surface area contributed by atoms with Gasteiger partial charge < -0.3 is 24.5 Å². The molecule has 44 heavy (non-hydrogen) atoms. The third-order valence-corrected chi connectivity index (χ3v) is 8.03.